The minimum atomic E-state index is -1.25. The maximum Gasteiger partial charge on any atom is 0.278 e. The van der Waals surface area contributed by atoms with Crippen molar-refractivity contribution in [2.75, 3.05) is 16.8 Å². The quantitative estimate of drug-likeness (QED) is 0.810. The van der Waals surface area contributed by atoms with Crippen LogP contribution < -0.4 is 15.5 Å². The first-order valence-corrected chi connectivity index (χ1v) is 8.18. The lowest BCUT2D eigenvalue weighted by atomic mass is 9.96. The molecule has 0 aromatic heterocycles. The SMILES string of the molecule is CCN1C(=O)C2(NC(=O)c3ccccc3N2)c2cc(Br)ccc21. The van der Waals surface area contributed by atoms with Crippen LogP contribution >= 0.6 is 15.9 Å². The van der Waals surface area contributed by atoms with Gasteiger partial charge in [0.2, 0.25) is 5.66 Å². The molecule has 0 saturated carbocycles. The number of nitrogens with one attached hydrogen (secondary N) is 2. The average Bonchev–Trinajstić information content (AvgIpc) is 2.76. The van der Waals surface area contributed by atoms with Crippen molar-refractivity contribution in [3.05, 3.63) is 58.1 Å². The average molecular weight is 372 g/mol. The number of fused-ring (bicyclic) bond motifs is 3. The Kier molecular flexibility index (Phi) is 2.99. The van der Waals surface area contributed by atoms with E-state index in [1.165, 1.54) is 0 Å². The Labute approximate surface area is 141 Å². The van der Waals surface area contributed by atoms with Gasteiger partial charge in [-0.2, -0.15) is 0 Å². The van der Waals surface area contributed by atoms with Crippen LogP contribution in [0, 0.1) is 0 Å². The van der Waals surface area contributed by atoms with Crippen molar-refractivity contribution < 1.29 is 9.59 Å². The van der Waals surface area contributed by atoms with Crippen molar-refractivity contribution in [2.45, 2.75) is 12.6 Å². The van der Waals surface area contributed by atoms with E-state index in [4.69, 9.17) is 0 Å². The molecule has 2 heterocycles. The zero-order chi connectivity index (χ0) is 16.2. The van der Waals surface area contributed by atoms with E-state index in [-0.39, 0.29) is 11.8 Å². The zero-order valence-electron chi connectivity index (χ0n) is 12.4. The zero-order valence-corrected chi connectivity index (χ0v) is 14.0. The highest BCUT2D eigenvalue weighted by molar-refractivity contribution is 9.10. The van der Waals surface area contributed by atoms with Crippen molar-refractivity contribution in [1.82, 2.24) is 5.32 Å². The Bertz CT molecular complexity index is 851. The van der Waals surface area contributed by atoms with Gasteiger partial charge in [0, 0.05) is 22.3 Å². The highest BCUT2D eigenvalue weighted by atomic mass is 79.9. The van der Waals surface area contributed by atoms with E-state index in [0.29, 0.717) is 17.8 Å². The van der Waals surface area contributed by atoms with E-state index in [0.717, 1.165) is 15.7 Å². The highest BCUT2D eigenvalue weighted by Gasteiger charge is 2.54. The second kappa shape index (κ2) is 4.83. The minimum Gasteiger partial charge on any atom is -0.350 e. The van der Waals surface area contributed by atoms with Crippen LogP contribution in [0.25, 0.3) is 0 Å². The molecule has 2 aliphatic rings. The van der Waals surface area contributed by atoms with Gasteiger partial charge in [0.15, 0.2) is 0 Å². The largest absolute Gasteiger partial charge is 0.350 e. The normalized spacial score (nSPS) is 21.7. The summed E-state index contributed by atoms with van der Waals surface area (Å²) in [5.74, 6) is -0.424. The van der Waals surface area contributed by atoms with Crippen molar-refractivity contribution >= 4 is 39.1 Å². The molecule has 1 unspecified atom stereocenters. The monoisotopic (exact) mass is 371 g/mol. The molecule has 2 aromatic carbocycles. The third kappa shape index (κ3) is 1.84. The summed E-state index contributed by atoms with van der Waals surface area (Å²) < 4.78 is 0.858. The fourth-order valence-electron chi connectivity index (χ4n) is 3.29. The molecule has 5 nitrogen and oxygen atoms in total. The topological polar surface area (TPSA) is 61.4 Å². The molecule has 23 heavy (non-hydrogen) atoms. The van der Waals surface area contributed by atoms with Gasteiger partial charge in [0.05, 0.1) is 11.3 Å². The van der Waals surface area contributed by atoms with Gasteiger partial charge >= 0.3 is 0 Å². The number of benzene rings is 2. The van der Waals surface area contributed by atoms with Crippen molar-refractivity contribution in [3.63, 3.8) is 0 Å². The maximum absolute atomic E-state index is 13.1. The van der Waals surface area contributed by atoms with Gasteiger partial charge in [-0.25, -0.2) is 0 Å². The number of amides is 2. The standard InChI is InChI=1S/C17H14BrN3O2/c1-2-21-14-8-7-10(18)9-12(14)17(16(21)23)19-13-6-4-3-5-11(13)15(22)20-17/h3-9,19H,2H2,1H3,(H,20,22). The van der Waals surface area contributed by atoms with Crippen LogP contribution in [0.5, 0.6) is 0 Å². The number of para-hydroxylation sites is 1. The molecule has 1 spiro atoms. The number of carbonyl (C=O) groups is 2. The second-order valence-electron chi connectivity index (χ2n) is 5.59. The van der Waals surface area contributed by atoms with E-state index in [2.05, 4.69) is 26.6 Å². The van der Waals surface area contributed by atoms with Gasteiger partial charge in [0.1, 0.15) is 0 Å². The molecule has 2 N–H and O–H groups in total. The third-order valence-corrected chi connectivity index (χ3v) is 4.82. The first kappa shape index (κ1) is 14.3. The molecule has 2 amide bonds. The number of hydrogen-bond acceptors (Lipinski definition) is 3. The molecule has 0 bridgehead atoms. The van der Waals surface area contributed by atoms with Crippen LogP contribution in [0.2, 0.25) is 0 Å². The fourth-order valence-corrected chi connectivity index (χ4v) is 3.65. The van der Waals surface area contributed by atoms with Crippen LogP contribution in [0.15, 0.2) is 46.9 Å². The first-order valence-electron chi connectivity index (χ1n) is 7.38. The van der Waals surface area contributed by atoms with Crippen LogP contribution in [-0.4, -0.2) is 18.4 Å². The van der Waals surface area contributed by atoms with E-state index < -0.39 is 5.66 Å². The number of rotatable bonds is 1. The van der Waals surface area contributed by atoms with E-state index in [9.17, 15) is 9.59 Å². The Morgan fingerprint density at radius 3 is 2.70 bits per heavy atom. The Morgan fingerprint density at radius 2 is 1.91 bits per heavy atom. The van der Waals surface area contributed by atoms with Gasteiger partial charge in [0.25, 0.3) is 11.8 Å². The van der Waals surface area contributed by atoms with Gasteiger partial charge in [-0.15, -0.1) is 0 Å². The predicted molar refractivity (Wildman–Crippen MR) is 91.4 cm³/mol. The molecule has 2 aliphatic heterocycles. The van der Waals surface area contributed by atoms with Crippen LogP contribution in [0.3, 0.4) is 0 Å². The molecule has 6 heteroatoms. The summed E-state index contributed by atoms with van der Waals surface area (Å²) >= 11 is 3.45. The number of nitrogens with zero attached hydrogens (tertiary/aromatic N) is 1. The Hall–Kier alpha value is -2.34. The smallest absolute Gasteiger partial charge is 0.278 e. The van der Waals surface area contributed by atoms with Crippen molar-refractivity contribution in [3.8, 4) is 0 Å². The molecular weight excluding hydrogens is 358 g/mol. The molecule has 2 aromatic rings. The number of anilines is 2. The Morgan fingerprint density at radius 1 is 1.13 bits per heavy atom. The summed E-state index contributed by atoms with van der Waals surface area (Å²) in [4.78, 5) is 27.3. The van der Waals surface area contributed by atoms with Gasteiger partial charge in [-0.1, -0.05) is 28.1 Å². The van der Waals surface area contributed by atoms with Crippen LogP contribution in [-0.2, 0) is 10.5 Å². The summed E-state index contributed by atoms with van der Waals surface area (Å²) in [5.41, 5.74) is 1.51. The molecule has 0 aliphatic carbocycles. The summed E-state index contributed by atoms with van der Waals surface area (Å²) in [7, 11) is 0. The summed E-state index contributed by atoms with van der Waals surface area (Å²) in [6.45, 7) is 2.45. The lowest BCUT2D eigenvalue weighted by Crippen LogP contribution is -2.60. The highest BCUT2D eigenvalue weighted by Crippen LogP contribution is 2.44. The lowest BCUT2D eigenvalue weighted by Gasteiger charge is -2.36. The van der Waals surface area contributed by atoms with Gasteiger partial charge < -0.3 is 15.5 Å². The molecule has 116 valence electrons. The molecule has 0 radical (unpaired) electrons. The maximum atomic E-state index is 13.1. The number of likely N-dealkylation sites (N-methyl/N-ethyl adjacent to an activating group) is 1. The Balaban J connectivity index is 1.94. The number of carbonyl (C=O) groups excluding carboxylic acids is 2. The molecule has 0 saturated heterocycles. The van der Waals surface area contributed by atoms with Crippen molar-refractivity contribution in [1.29, 1.82) is 0 Å². The summed E-state index contributed by atoms with van der Waals surface area (Å²) in [5, 5.41) is 6.14. The predicted octanol–water partition coefficient (Wildman–Crippen LogP) is 2.82. The molecular formula is C17H14BrN3O2. The number of hydrogen-bond donors (Lipinski definition) is 2. The fraction of sp³-hybridized carbons (Fsp3) is 0.176. The minimum absolute atomic E-state index is 0.170. The summed E-state index contributed by atoms with van der Waals surface area (Å²) in [6, 6.07) is 12.9. The second-order valence-corrected chi connectivity index (χ2v) is 6.50. The van der Waals surface area contributed by atoms with Gasteiger partial charge in [-0.3, -0.25) is 9.59 Å². The summed E-state index contributed by atoms with van der Waals surface area (Å²) in [6.07, 6.45) is 0. The molecule has 1 atom stereocenters. The number of halogens is 1. The van der Waals surface area contributed by atoms with Crippen LogP contribution in [0.4, 0.5) is 11.4 Å². The lowest BCUT2D eigenvalue weighted by molar-refractivity contribution is -0.123. The third-order valence-electron chi connectivity index (χ3n) is 4.33. The van der Waals surface area contributed by atoms with E-state index in [1.54, 1.807) is 17.0 Å². The molecule has 4 rings (SSSR count). The van der Waals surface area contributed by atoms with Crippen molar-refractivity contribution in [2.24, 2.45) is 0 Å². The van der Waals surface area contributed by atoms with Gasteiger partial charge in [-0.05, 0) is 37.3 Å². The van der Waals surface area contributed by atoms with Crippen LogP contribution in [0.1, 0.15) is 22.8 Å². The van der Waals surface area contributed by atoms with E-state index in [1.807, 2.05) is 37.3 Å². The molecule has 0 fully saturated rings. The van der Waals surface area contributed by atoms with E-state index >= 15 is 0 Å². The first-order chi connectivity index (χ1) is 11.1.